The van der Waals surface area contributed by atoms with E-state index in [0.717, 1.165) is 43.3 Å². The Kier molecular flexibility index (Phi) is 4.78. The van der Waals surface area contributed by atoms with Crippen LogP contribution in [0.15, 0.2) is 15.7 Å². The first-order valence-electron chi connectivity index (χ1n) is 8.80. The van der Waals surface area contributed by atoms with Crippen LogP contribution in [0.1, 0.15) is 32.1 Å². The lowest BCUT2D eigenvalue weighted by Gasteiger charge is -2.36. The van der Waals surface area contributed by atoms with Crippen molar-refractivity contribution in [3.05, 3.63) is 26.9 Å². The van der Waals surface area contributed by atoms with Gasteiger partial charge in [0.25, 0.3) is 5.56 Å². The van der Waals surface area contributed by atoms with E-state index in [1.165, 1.54) is 24.1 Å². The van der Waals surface area contributed by atoms with Gasteiger partial charge in [0.05, 0.1) is 0 Å². The number of aromatic nitrogens is 2. The van der Waals surface area contributed by atoms with Crippen LogP contribution in [-0.4, -0.2) is 46.1 Å². The summed E-state index contributed by atoms with van der Waals surface area (Å²) in [7, 11) is 3.17. The fourth-order valence-electron chi connectivity index (χ4n) is 3.75. The summed E-state index contributed by atoms with van der Waals surface area (Å²) in [4.78, 5) is 40.6. The minimum atomic E-state index is -0.316. The molecule has 0 N–H and O–H groups in total. The van der Waals surface area contributed by atoms with Gasteiger partial charge in [0, 0.05) is 52.3 Å². The topological polar surface area (TPSA) is 67.6 Å². The number of nitrogens with zero attached hydrogens (tertiary/aromatic N) is 4. The summed E-state index contributed by atoms with van der Waals surface area (Å²) >= 11 is 0. The van der Waals surface area contributed by atoms with Gasteiger partial charge in [-0.05, 0) is 32.1 Å². The third-order valence-electron chi connectivity index (χ3n) is 5.34. The molecule has 0 atom stereocenters. The molecule has 7 heteroatoms. The molecule has 2 aliphatic rings. The Morgan fingerprint density at radius 3 is 2.21 bits per heavy atom. The predicted molar refractivity (Wildman–Crippen MR) is 92.3 cm³/mol. The number of hydrogen-bond acceptors (Lipinski definition) is 4. The molecule has 3 rings (SSSR count). The number of carbonyl (C=O) groups excluding carboxylic acids is 1. The summed E-state index contributed by atoms with van der Waals surface area (Å²) < 4.78 is 2.62. The number of hydrogen-bond donors (Lipinski definition) is 0. The van der Waals surface area contributed by atoms with Crippen molar-refractivity contribution in [2.45, 2.75) is 32.1 Å². The first kappa shape index (κ1) is 16.8. The smallest absolute Gasteiger partial charge is 0.332 e. The van der Waals surface area contributed by atoms with Gasteiger partial charge < -0.3 is 9.80 Å². The van der Waals surface area contributed by atoms with Gasteiger partial charge in [0.15, 0.2) is 0 Å². The number of anilines is 1. The molecule has 0 spiro atoms. The van der Waals surface area contributed by atoms with E-state index in [0.29, 0.717) is 18.9 Å². The highest BCUT2D eigenvalue weighted by Gasteiger charge is 2.30. The zero-order chi connectivity index (χ0) is 17.3. The molecule has 1 aromatic rings. The van der Waals surface area contributed by atoms with Gasteiger partial charge in [0.1, 0.15) is 5.82 Å². The van der Waals surface area contributed by atoms with Crippen LogP contribution in [0.3, 0.4) is 0 Å². The van der Waals surface area contributed by atoms with E-state index >= 15 is 0 Å². The lowest BCUT2D eigenvalue weighted by molar-refractivity contribution is -0.137. The average Bonchev–Trinajstić information content (AvgIpc) is 2.63. The monoisotopic (exact) mass is 334 g/mol. The highest BCUT2D eigenvalue weighted by molar-refractivity contribution is 5.79. The third kappa shape index (κ3) is 3.12. The highest BCUT2D eigenvalue weighted by Crippen LogP contribution is 2.24. The van der Waals surface area contributed by atoms with E-state index in [2.05, 4.69) is 0 Å². The lowest BCUT2D eigenvalue weighted by Crippen LogP contribution is -2.46. The first-order chi connectivity index (χ1) is 11.5. The van der Waals surface area contributed by atoms with E-state index in [4.69, 9.17) is 0 Å². The van der Waals surface area contributed by atoms with Gasteiger partial charge in [-0.25, -0.2) is 4.79 Å². The van der Waals surface area contributed by atoms with Gasteiger partial charge in [-0.2, -0.15) is 0 Å². The normalized spacial score (nSPS) is 19.6. The fourth-order valence-corrected chi connectivity index (χ4v) is 3.75. The van der Waals surface area contributed by atoms with Gasteiger partial charge in [-0.1, -0.05) is 0 Å². The maximum absolute atomic E-state index is 12.6. The molecule has 1 amide bonds. The molecule has 1 aromatic heterocycles. The molecule has 24 heavy (non-hydrogen) atoms. The van der Waals surface area contributed by atoms with Gasteiger partial charge in [-0.15, -0.1) is 0 Å². The van der Waals surface area contributed by atoms with Crippen molar-refractivity contribution >= 4 is 11.7 Å². The Bertz CT molecular complexity index is 722. The second-order valence-corrected chi connectivity index (χ2v) is 6.89. The summed E-state index contributed by atoms with van der Waals surface area (Å²) in [5, 5.41) is 0. The van der Waals surface area contributed by atoms with Crippen LogP contribution in [0.5, 0.6) is 0 Å². The number of rotatable bonds is 2. The second-order valence-electron chi connectivity index (χ2n) is 6.89. The van der Waals surface area contributed by atoms with Crippen molar-refractivity contribution in [1.82, 2.24) is 14.0 Å². The SMILES string of the molecule is Cn1c(N2CCC(C(=O)N3CCCCC3)CC2)cc(=O)n(C)c1=O. The van der Waals surface area contributed by atoms with Crippen LogP contribution < -0.4 is 16.1 Å². The molecular formula is C17H26N4O3. The van der Waals surface area contributed by atoms with Crippen molar-refractivity contribution in [2.75, 3.05) is 31.1 Å². The zero-order valence-corrected chi connectivity index (χ0v) is 14.5. The van der Waals surface area contributed by atoms with Crippen LogP contribution in [0.25, 0.3) is 0 Å². The summed E-state index contributed by atoms with van der Waals surface area (Å²) in [5.74, 6) is 1.00. The minimum absolute atomic E-state index is 0.0722. The largest absolute Gasteiger partial charge is 0.358 e. The van der Waals surface area contributed by atoms with Crippen LogP contribution in [0.2, 0.25) is 0 Å². The van der Waals surface area contributed by atoms with Gasteiger partial charge in [-0.3, -0.25) is 18.7 Å². The Morgan fingerprint density at radius 1 is 0.958 bits per heavy atom. The van der Waals surface area contributed by atoms with Crippen LogP contribution in [-0.2, 0) is 18.9 Å². The maximum Gasteiger partial charge on any atom is 0.332 e. The van der Waals surface area contributed by atoms with Crippen LogP contribution >= 0.6 is 0 Å². The van der Waals surface area contributed by atoms with E-state index in [1.54, 1.807) is 7.05 Å². The summed E-state index contributed by atoms with van der Waals surface area (Å²) in [6.45, 7) is 3.18. The number of amides is 1. The van der Waals surface area contributed by atoms with E-state index < -0.39 is 0 Å². The average molecular weight is 334 g/mol. The van der Waals surface area contributed by atoms with E-state index in [-0.39, 0.29) is 23.1 Å². The summed E-state index contributed by atoms with van der Waals surface area (Å²) in [6.07, 6.45) is 5.00. The Balaban J connectivity index is 1.68. The molecule has 0 saturated carbocycles. The zero-order valence-electron chi connectivity index (χ0n) is 14.5. The lowest BCUT2D eigenvalue weighted by atomic mass is 9.94. The van der Waals surface area contributed by atoms with Crippen molar-refractivity contribution in [3.63, 3.8) is 0 Å². The molecular weight excluding hydrogens is 308 g/mol. The Hall–Kier alpha value is -2.05. The van der Waals surface area contributed by atoms with Gasteiger partial charge in [0.2, 0.25) is 5.91 Å². The van der Waals surface area contributed by atoms with Gasteiger partial charge >= 0.3 is 5.69 Å². The molecule has 7 nitrogen and oxygen atoms in total. The molecule has 0 unspecified atom stereocenters. The van der Waals surface area contributed by atoms with Crippen LogP contribution in [0, 0.1) is 5.92 Å². The molecule has 0 aliphatic carbocycles. The Morgan fingerprint density at radius 2 is 1.58 bits per heavy atom. The summed E-state index contributed by atoms with van der Waals surface area (Å²) in [6, 6.07) is 1.51. The van der Waals surface area contributed by atoms with Crippen molar-refractivity contribution in [1.29, 1.82) is 0 Å². The van der Waals surface area contributed by atoms with E-state index in [1.807, 2.05) is 9.80 Å². The Labute approximate surface area is 141 Å². The minimum Gasteiger partial charge on any atom is -0.358 e. The molecule has 0 bridgehead atoms. The second kappa shape index (κ2) is 6.83. The molecule has 0 radical (unpaired) electrons. The molecule has 132 valence electrons. The molecule has 0 aromatic carbocycles. The number of piperidine rings is 2. The first-order valence-corrected chi connectivity index (χ1v) is 8.80. The highest BCUT2D eigenvalue weighted by atomic mass is 16.2. The van der Waals surface area contributed by atoms with Crippen molar-refractivity contribution in [3.8, 4) is 0 Å². The molecule has 2 fully saturated rings. The van der Waals surface area contributed by atoms with Crippen LogP contribution in [0.4, 0.5) is 5.82 Å². The van der Waals surface area contributed by atoms with E-state index in [9.17, 15) is 14.4 Å². The third-order valence-corrected chi connectivity index (χ3v) is 5.34. The fraction of sp³-hybridized carbons (Fsp3) is 0.706. The van der Waals surface area contributed by atoms with Crippen molar-refractivity contribution < 1.29 is 4.79 Å². The summed E-state index contributed by atoms with van der Waals surface area (Å²) in [5.41, 5.74) is -0.608. The quantitative estimate of drug-likeness (QED) is 0.781. The standard InChI is InChI=1S/C17H26N4O3/c1-18-14(12-15(22)19(2)17(18)24)20-10-6-13(7-11-20)16(23)21-8-4-3-5-9-21/h12-13H,3-11H2,1-2H3. The predicted octanol–water partition coefficient (Wildman–Crippen LogP) is 0.313. The molecule has 2 aliphatic heterocycles. The molecule has 2 saturated heterocycles. The molecule has 3 heterocycles. The number of carbonyl (C=O) groups is 1. The number of likely N-dealkylation sites (tertiary alicyclic amines) is 1. The van der Waals surface area contributed by atoms with Crippen molar-refractivity contribution in [2.24, 2.45) is 20.0 Å². The maximum atomic E-state index is 12.6.